The number of hydrogen-bond donors (Lipinski definition) is 2. The summed E-state index contributed by atoms with van der Waals surface area (Å²) in [6.45, 7) is 2.35. The summed E-state index contributed by atoms with van der Waals surface area (Å²) in [5.41, 5.74) is 1.64. The highest BCUT2D eigenvalue weighted by molar-refractivity contribution is 5.94. The Labute approximate surface area is 171 Å². The quantitative estimate of drug-likeness (QED) is 0.605. The van der Waals surface area contributed by atoms with Crippen LogP contribution in [-0.4, -0.2) is 37.7 Å². The highest BCUT2D eigenvalue weighted by Crippen LogP contribution is 2.16. The zero-order chi connectivity index (χ0) is 20.3. The maximum absolute atomic E-state index is 12.0. The Hall–Kier alpha value is -2.86. The Morgan fingerprint density at radius 1 is 1.03 bits per heavy atom. The SMILES string of the molecule is O=C(CCCNC(=O)c1ccccc1)NCc1ccc(OCC2CCCO2)cc1. The van der Waals surface area contributed by atoms with Crippen LogP contribution in [0.25, 0.3) is 0 Å². The third-order valence-electron chi connectivity index (χ3n) is 4.78. The third kappa shape index (κ3) is 7.23. The second kappa shape index (κ2) is 11.2. The molecule has 2 aromatic carbocycles. The lowest BCUT2D eigenvalue weighted by Crippen LogP contribution is -2.27. The van der Waals surface area contributed by atoms with Crippen molar-refractivity contribution in [3.8, 4) is 5.75 Å². The van der Waals surface area contributed by atoms with Gasteiger partial charge < -0.3 is 20.1 Å². The highest BCUT2D eigenvalue weighted by Gasteiger charge is 2.15. The Bertz CT molecular complexity index is 771. The molecule has 1 aliphatic rings. The van der Waals surface area contributed by atoms with Gasteiger partial charge in [0, 0.05) is 31.7 Å². The van der Waals surface area contributed by atoms with Crippen LogP contribution < -0.4 is 15.4 Å². The maximum atomic E-state index is 12.0. The molecular formula is C23H28N2O4. The molecule has 154 valence electrons. The van der Waals surface area contributed by atoms with Gasteiger partial charge in [0.25, 0.3) is 5.91 Å². The summed E-state index contributed by atoms with van der Waals surface area (Å²) in [6, 6.07) is 16.8. The summed E-state index contributed by atoms with van der Waals surface area (Å²) in [5.74, 6) is 0.662. The monoisotopic (exact) mass is 396 g/mol. The predicted octanol–water partition coefficient (Wildman–Crippen LogP) is 3.07. The first-order chi connectivity index (χ1) is 14.2. The zero-order valence-corrected chi connectivity index (χ0v) is 16.6. The fourth-order valence-corrected chi connectivity index (χ4v) is 3.10. The van der Waals surface area contributed by atoms with Crippen molar-refractivity contribution in [2.24, 2.45) is 0 Å². The molecule has 0 spiro atoms. The fraction of sp³-hybridized carbons (Fsp3) is 0.391. The molecule has 29 heavy (non-hydrogen) atoms. The standard InChI is InChI=1S/C23H28N2O4/c26-22(9-4-14-24-23(27)19-6-2-1-3-7-19)25-16-18-10-12-20(13-11-18)29-17-21-8-5-15-28-21/h1-3,6-7,10-13,21H,4-5,8-9,14-17H2,(H,24,27)(H,25,26). The van der Waals surface area contributed by atoms with Gasteiger partial charge in [-0.2, -0.15) is 0 Å². The van der Waals surface area contributed by atoms with Gasteiger partial charge in [0.2, 0.25) is 5.91 Å². The lowest BCUT2D eigenvalue weighted by atomic mass is 10.2. The molecule has 1 fully saturated rings. The summed E-state index contributed by atoms with van der Waals surface area (Å²) in [4.78, 5) is 23.9. The molecule has 0 aromatic heterocycles. The number of benzene rings is 2. The van der Waals surface area contributed by atoms with Crippen molar-refractivity contribution in [3.63, 3.8) is 0 Å². The average Bonchev–Trinajstić information content (AvgIpc) is 3.29. The van der Waals surface area contributed by atoms with Gasteiger partial charge in [-0.25, -0.2) is 0 Å². The molecular weight excluding hydrogens is 368 g/mol. The van der Waals surface area contributed by atoms with Crippen LogP contribution in [-0.2, 0) is 16.1 Å². The molecule has 1 heterocycles. The Morgan fingerprint density at radius 2 is 1.83 bits per heavy atom. The van der Waals surface area contributed by atoms with E-state index in [1.54, 1.807) is 12.1 Å². The van der Waals surface area contributed by atoms with Crippen LogP contribution >= 0.6 is 0 Å². The van der Waals surface area contributed by atoms with Crippen molar-refractivity contribution in [1.29, 1.82) is 0 Å². The lowest BCUT2D eigenvalue weighted by molar-refractivity contribution is -0.121. The summed E-state index contributed by atoms with van der Waals surface area (Å²) < 4.78 is 11.3. The molecule has 0 saturated carbocycles. The molecule has 0 bridgehead atoms. The molecule has 2 N–H and O–H groups in total. The molecule has 3 rings (SSSR count). The van der Waals surface area contributed by atoms with E-state index < -0.39 is 0 Å². The third-order valence-corrected chi connectivity index (χ3v) is 4.78. The number of nitrogens with one attached hydrogen (secondary N) is 2. The van der Waals surface area contributed by atoms with Crippen LogP contribution in [0, 0.1) is 0 Å². The minimum Gasteiger partial charge on any atom is -0.491 e. The molecule has 1 aliphatic heterocycles. The summed E-state index contributed by atoms with van der Waals surface area (Å²) in [7, 11) is 0. The molecule has 0 aliphatic carbocycles. The van der Waals surface area contributed by atoms with E-state index in [1.165, 1.54) is 0 Å². The van der Waals surface area contributed by atoms with Crippen LogP contribution in [0.2, 0.25) is 0 Å². The van der Waals surface area contributed by atoms with E-state index in [-0.39, 0.29) is 17.9 Å². The second-order valence-electron chi connectivity index (χ2n) is 7.09. The first-order valence-corrected chi connectivity index (χ1v) is 10.1. The van der Waals surface area contributed by atoms with Crippen LogP contribution in [0.5, 0.6) is 5.75 Å². The predicted molar refractivity (Wildman–Crippen MR) is 111 cm³/mol. The molecule has 1 saturated heterocycles. The molecule has 2 aromatic rings. The number of carbonyl (C=O) groups excluding carboxylic acids is 2. The fourth-order valence-electron chi connectivity index (χ4n) is 3.10. The summed E-state index contributed by atoms with van der Waals surface area (Å²) >= 11 is 0. The topological polar surface area (TPSA) is 76.7 Å². The zero-order valence-electron chi connectivity index (χ0n) is 16.6. The molecule has 2 amide bonds. The van der Waals surface area contributed by atoms with Crippen molar-refractivity contribution in [2.45, 2.75) is 38.3 Å². The minimum atomic E-state index is -0.118. The highest BCUT2D eigenvalue weighted by atomic mass is 16.5. The van der Waals surface area contributed by atoms with Gasteiger partial charge in [0.05, 0.1) is 6.10 Å². The number of carbonyl (C=O) groups is 2. The van der Waals surface area contributed by atoms with Crippen LogP contribution in [0.15, 0.2) is 54.6 Å². The summed E-state index contributed by atoms with van der Waals surface area (Å²) in [5, 5.41) is 5.73. The van der Waals surface area contributed by atoms with E-state index in [0.717, 1.165) is 30.8 Å². The van der Waals surface area contributed by atoms with Gasteiger partial charge in [-0.3, -0.25) is 9.59 Å². The molecule has 6 heteroatoms. The van der Waals surface area contributed by atoms with E-state index in [4.69, 9.17) is 9.47 Å². The first kappa shape index (κ1) is 20.9. The molecule has 1 atom stereocenters. The van der Waals surface area contributed by atoms with E-state index >= 15 is 0 Å². The lowest BCUT2D eigenvalue weighted by Gasteiger charge is -2.12. The Morgan fingerprint density at radius 3 is 2.55 bits per heavy atom. The van der Waals surface area contributed by atoms with Crippen molar-refractivity contribution >= 4 is 11.8 Å². The minimum absolute atomic E-state index is 0.0299. The van der Waals surface area contributed by atoms with E-state index in [9.17, 15) is 9.59 Å². The van der Waals surface area contributed by atoms with Gasteiger partial charge >= 0.3 is 0 Å². The van der Waals surface area contributed by atoms with Crippen molar-refractivity contribution in [3.05, 3.63) is 65.7 Å². The van der Waals surface area contributed by atoms with Gasteiger partial charge in [-0.15, -0.1) is 0 Å². The first-order valence-electron chi connectivity index (χ1n) is 10.1. The van der Waals surface area contributed by atoms with Crippen LogP contribution in [0.3, 0.4) is 0 Å². The van der Waals surface area contributed by atoms with Crippen molar-refractivity contribution < 1.29 is 19.1 Å². The van der Waals surface area contributed by atoms with E-state index in [2.05, 4.69) is 10.6 Å². The average molecular weight is 396 g/mol. The van der Waals surface area contributed by atoms with Gasteiger partial charge in [-0.1, -0.05) is 30.3 Å². The summed E-state index contributed by atoms with van der Waals surface area (Å²) in [6.07, 6.45) is 3.33. The number of ether oxygens (including phenoxy) is 2. The van der Waals surface area contributed by atoms with E-state index in [1.807, 2.05) is 42.5 Å². The van der Waals surface area contributed by atoms with Gasteiger partial charge in [0.15, 0.2) is 0 Å². The normalized spacial score (nSPS) is 15.7. The molecule has 6 nitrogen and oxygen atoms in total. The molecule has 1 unspecified atom stereocenters. The Kier molecular flexibility index (Phi) is 8.07. The maximum Gasteiger partial charge on any atom is 0.251 e. The molecule has 0 radical (unpaired) electrons. The van der Waals surface area contributed by atoms with Crippen LogP contribution in [0.1, 0.15) is 41.6 Å². The van der Waals surface area contributed by atoms with Gasteiger partial charge in [-0.05, 0) is 49.1 Å². The van der Waals surface area contributed by atoms with Crippen molar-refractivity contribution in [1.82, 2.24) is 10.6 Å². The Balaban J connectivity index is 1.28. The largest absolute Gasteiger partial charge is 0.491 e. The van der Waals surface area contributed by atoms with Gasteiger partial charge in [0.1, 0.15) is 12.4 Å². The smallest absolute Gasteiger partial charge is 0.251 e. The van der Waals surface area contributed by atoms with Crippen molar-refractivity contribution in [2.75, 3.05) is 19.8 Å². The van der Waals surface area contributed by atoms with E-state index in [0.29, 0.717) is 38.1 Å². The van der Waals surface area contributed by atoms with Crippen LogP contribution in [0.4, 0.5) is 0 Å². The number of amides is 2. The number of rotatable bonds is 10. The second-order valence-corrected chi connectivity index (χ2v) is 7.09. The number of hydrogen-bond acceptors (Lipinski definition) is 4.